The van der Waals surface area contributed by atoms with Gasteiger partial charge in [0.25, 0.3) is 0 Å². The van der Waals surface area contributed by atoms with E-state index in [0.29, 0.717) is 0 Å². The van der Waals surface area contributed by atoms with Crippen LogP contribution in [0.3, 0.4) is 0 Å². The SMILES string of the molecule is Cc1cccc2[nH]cc(CC(=O)N3CCC(O)(C(=O)O)CC3)c12. The molecule has 1 aromatic carbocycles. The van der Waals surface area contributed by atoms with Gasteiger partial charge in [-0.2, -0.15) is 0 Å². The number of nitrogens with one attached hydrogen (secondary N) is 1. The molecule has 6 nitrogen and oxygen atoms in total. The Kier molecular flexibility index (Phi) is 3.85. The second kappa shape index (κ2) is 5.70. The van der Waals surface area contributed by atoms with E-state index in [1.165, 1.54) is 0 Å². The summed E-state index contributed by atoms with van der Waals surface area (Å²) >= 11 is 0. The number of fused-ring (bicyclic) bond motifs is 1. The number of aromatic amines is 1. The summed E-state index contributed by atoms with van der Waals surface area (Å²) in [5.74, 6) is -1.25. The number of hydrogen-bond acceptors (Lipinski definition) is 3. The maximum Gasteiger partial charge on any atom is 0.335 e. The van der Waals surface area contributed by atoms with Gasteiger partial charge in [0.1, 0.15) is 0 Å². The number of carbonyl (C=O) groups is 2. The van der Waals surface area contributed by atoms with E-state index in [0.717, 1.165) is 22.0 Å². The molecular formula is C17H20N2O4. The van der Waals surface area contributed by atoms with E-state index in [2.05, 4.69) is 4.98 Å². The van der Waals surface area contributed by atoms with E-state index in [-0.39, 0.29) is 38.3 Å². The Labute approximate surface area is 133 Å². The maximum atomic E-state index is 12.5. The van der Waals surface area contributed by atoms with Gasteiger partial charge in [-0.1, -0.05) is 12.1 Å². The van der Waals surface area contributed by atoms with Gasteiger partial charge in [-0.25, -0.2) is 4.79 Å². The lowest BCUT2D eigenvalue weighted by Gasteiger charge is -2.35. The molecule has 2 heterocycles. The van der Waals surface area contributed by atoms with Gasteiger partial charge in [0.2, 0.25) is 5.91 Å². The fourth-order valence-corrected chi connectivity index (χ4v) is 3.21. The summed E-state index contributed by atoms with van der Waals surface area (Å²) in [4.78, 5) is 28.3. The van der Waals surface area contributed by atoms with Crippen LogP contribution in [0.2, 0.25) is 0 Å². The van der Waals surface area contributed by atoms with Crippen molar-refractivity contribution in [3.8, 4) is 0 Å². The van der Waals surface area contributed by atoms with Crippen LogP contribution in [0.15, 0.2) is 24.4 Å². The number of nitrogens with zero attached hydrogens (tertiary/aromatic N) is 1. The molecule has 3 N–H and O–H groups in total. The van der Waals surface area contributed by atoms with Crippen LogP contribution in [-0.4, -0.2) is 50.7 Å². The zero-order valence-corrected chi connectivity index (χ0v) is 13.0. The molecule has 1 amide bonds. The fraction of sp³-hybridized carbons (Fsp3) is 0.412. The minimum Gasteiger partial charge on any atom is -0.479 e. The van der Waals surface area contributed by atoms with E-state index < -0.39 is 11.6 Å². The summed E-state index contributed by atoms with van der Waals surface area (Å²) in [7, 11) is 0. The second-order valence-electron chi connectivity index (χ2n) is 6.21. The normalized spacial score (nSPS) is 17.4. The fourth-order valence-electron chi connectivity index (χ4n) is 3.21. The summed E-state index contributed by atoms with van der Waals surface area (Å²) in [6, 6.07) is 5.96. The summed E-state index contributed by atoms with van der Waals surface area (Å²) in [6.07, 6.45) is 2.27. The highest BCUT2D eigenvalue weighted by atomic mass is 16.4. The Morgan fingerprint density at radius 1 is 1.30 bits per heavy atom. The molecule has 0 bridgehead atoms. The van der Waals surface area contributed by atoms with Crippen molar-refractivity contribution in [2.45, 2.75) is 31.8 Å². The topological polar surface area (TPSA) is 93.6 Å². The Balaban J connectivity index is 1.72. The third-order valence-corrected chi connectivity index (χ3v) is 4.68. The van der Waals surface area contributed by atoms with Crippen molar-refractivity contribution in [3.63, 3.8) is 0 Å². The summed E-state index contributed by atoms with van der Waals surface area (Å²) in [5, 5.41) is 20.0. The highest BCUT2D eigenvalue weighted by Crippen LogP contribution is 2.25. The molecule has 122 valence electrons. The molecule has 1 aromatic heterocycles. The summed E-state index contributed by atoms with van der Waals surface area (Å²) < 4.78 is 0. The predicted octanol–water partition coefficient (Wildman–Crippen LogP) is 1.46. The summed E-state index contributed by atoms with van der Waals surface area (Å²) in [5.41, 5.74) is 1.37. The number of hydrogen-bond donors (Lipinski definition) is 3. The highest BCUT2D eigenvalue weighted by Gasteiger charge is 2.40. The van der Waals surface area contributed by atoms with Crippen molar-refractivity contribution in [2.75, 3.05) is 13.1 Å². The van der Waals surface area contributed by atoms with Gasteiger partial charge in [0.05, 0.1) is 6.42 Å². The smallest absolute Gasteiger partial charge is 0.335 e. The average Bonchev–Trinajstić information content (AvgIpc) is 2.92. The summed E-state index contributed by atoms with van der Waals surface area (Å²) in [6.45, 7) is 2.55. The Morgan fingerprint density at radius 3 is 2.65 bits per heavy atom. The van der Waals surface area contributed by atoms with Crippen molar-refractivity contribution < 1.29 is 19.8 Å². The van der Waals surface area contributed by atoms with Crippen molar-refractivity contribution in [1.82, 2.24) is 9.88 Å². The number of carboxylic acids is 1. The van der Waals surface area contributed by atoms with Gasteiger partial charge in [-0.05, 0) is 24.1 Å². The lowest BCUT2D eigenvalue weighted by molar-refractivity contribution is -0.165. The number of aliphatic hydroxyl groups is 1. The molecule has 0 unspecified atom stereocenters. The maximum absolute atomic E-state index is 12.5. The van der Waals surface area contributed by atoms with Crippen LogP contribution in [0.1, 0.15) is 24.0 Å². The molecule has 23 heavy (non-hydrogen) atoms. The number of aryl methyl sites for hydroxylation is 1. The van der Waals surface area contributed by atoms with Gasteiger partial charge >= 0.3 is 5.97 Å². The molecule has 0 saturated carbocycles. The monoisotopic (exact) mass is 316 g/mol. The van der Waals surface area contributed by atoms with Crippen LogP contribution in [-0.2, 0) is 16.0 Å². The molecule has 0 aliphatic carbocycles. The van der Waals surface area contributed by atoms with Crippen LogP contribution in [0.25, 0.3) is 10.9 Å². The first-order valence-corrected chi connectivity index (χ1v) is 7.70. The van der Waals surface area contributed by atoms with E-state index >= 15 is 0 Å². The molecule has 6 heteroatoms. The first-order valence-electron chi connectivity index (χ1n) is 7.70. The molecule has 0 spiro atoms. The number of benzene rings is 1. The Bertz CT molecular complexity index is 757. The molecule has 1 fully saturated rings. The third kappa shape index (κ3) is 2.82. The molecule has 3 rings (SSSR count). The van der Waals surface area contributed by atoms with Crippen LogP contribution in [0.5, 0.6) is 0 Å². The van der Waals surface area contributed by atoms with Crippen molar-refractivity contribution in [1.29, 1.82) is 0 Å². The van der Waals surface area contributed by atoms with Gasteiger partial charge in [0, 0.05) is 43.0 Å². The van der Waals surface area contributed by atoms with E-state index in [1.807, 2.05) is 31.3 Å². The molecule has 2 aromatic rings. The first-order chi connectivity index (χ1) is 10.9. The first kappa shape index (κ1) is 15.6. The van der Waals surface area contributed by atoms with E-state index in [4.69, 9.17) is 5.11 Å². The van der Waals surface area contributed by atoms with Gasteiger partial charge in [0.15, 0.2) is 5.60 Å². The number of likely N-dealkylation sites (tertiary alicyclic amines) is 1. The molecular weight excluding hydrogens is 296 g/mol. The highest BCUT2D eigenvalue weighted by molar-refractivity contribution is 5.91. The predicted molar refractivity (Wildman–Crippen MR) is 85.1 cm³/mol. The molecule has 0 atom stereocenters. The molecule has 1 aliphatic heterocycles. The lowest BCUT2D eigenvalue weighted by Crippen LogP contribution is -2.51. The Morgan fingerprint density at radius 2 is 2.00 bits per heavy atom. The minimum absolute atomic E-state index is 0.0402. The van der Waals surface area contributed by atoms with Gasteiger partial charge in [-0.15, -0.1) is 0 Å². The number of aromatic nitrogens is 1. The molecule has 0 radical (unpaired) electrons. The van der Waals surface area contributed by atoms with Gasteiger partial charge < -0.3 is 20.1 Å². The number of piperidine rings is 1. The number of H-pyrrole nitrogens is 1. The second-order valence-corrected chi connectivity index (χ2v) is 6.21. The van der Waals surface area contributed by atoms with E-state index in [9.17, 15) is 14.7 Å². The van der Waals surface area contributed by atoms with Crippen LogP contribution < -0.4 is 0 Å². The van der Waals surface area contributed by atoms with Crippen molar-refractivity contribution in [3.05, 3.63) is 35.5 Å². The van der Waals surface area contributed by atoms with Crippen molar-refractivity contribution in [2.24, 2.45) is 0 Å². The zero-order valence-electron chi connectivity index (χ0n) is 13.0. The lowest BCUT2D eigenvalue weighted by atomic mass is 9.91. The number of aliphatic carboxylic acids is 1. The quantitative estimate of drug-likeness (QED) is 0.799. The molecule has 1 aliphatic rings. The van der Waals surface area contributed by atoms with Crippen LogP contribution >= 0.6 is 0 Å². The van der Waals surface area contributed by atoms with E-state index in [1.54, 1.807) is 4.90 Å². The average molecular weight is 316 g/mol. The zero-order chi connectivity index (χ0) is 16.6. The van der Waals surface area contributed by atoms with Crippen LogP contribution in [0, 0.1) is 6.92 Å². The minimum atomic E-state index is -1.70. The standard InChI is InChI=1S/C17H20N2O4/c1-11-3-2-4-13-15(11)12(10-18-13)9-14(20)19-7-5-17(23,6-8-19)16(21)22/h2-4,10,18,23H,5-9H2,1H3,(H,21,22). The number of carbonyl (C=O) groups excluding carboxylic acids is 1. The van der Waals surface area contributed by atoms with Crippen LogP contribution in [0.4, 0.5) is 0 Å². The largest absolute Gasteiger partial charge is 0.479 e. The number of amides is 1. The molecule has 1 saturated heterocycles. The number of rotatable bonds is 3. The third-order valence-electron chi connectivity index (χ3n) is 4.68. The van der Waals surface area contributed by atoms with Crippen molar-refractivity contribution >= 4 is 22.8 Å². The Hall–Kier alpha value is -2.34. The number of carboxylic acid groups (broad SMARTS) is 1. The van der Waals surface area contributed by atoms with Gasteiger partial charge in [-0.3, -0.25) is 4.79 Å².